The molecule has 0 aromatic carbocycles. The number of rotatable bonds is 4. The molecular weight excluding hydrogens is 262 g/mol. The van der Waals surface area contributed by atoms with Crippen molar-refractivity contribution in [2.24, 2.45) is 0 Å². The molecule has 1 unspecified atom stereocenters. The number of nitrogens with one attached hydrogen (secondary N) is 3. The molecule has 0 aliphatic carbocycles. The summed E-state index contributed by atoms with van der Waals surface area (Å²) >= 11 is 0. The summed E-state index contributed by atoms with van der Waals surface area (Å²) in [6, 6.07) is 0.514. The van der Waals surface area contributed by atoms with Crippen LogP contribution in [0, 0.1) is 0 Å². The van der Waals surface area contributed by atoms with Crippen molar-refractivity contribution >= 4 is 21.9 Å². The molecule has 18 heavy (non-hydrogen) atoms. The molecular formula is C9H11N3O5S. The van der Waals surface area contributed by atoms with E-state index in [1.165, 1.54) is 0 Å². The van der Waals surface area contributed by atoms with Gasteiger partial charge in [0.2, 0.25) is 15.9 Å². The predicted molar refractivity (Wildman–Crippen MR) is 59.5 cm³/mol. The first-order valence-electron chi connectivity index (χ1n) is 5.09. The summed E-state index contributed by atoms with van der Waals surface area (Å²) in [6.07, 6.45) is 1.17. The van der Waals surface area contributed by atoms with E-state index in [0.29, 0.717) is 0 Å². The average Bonchev–Trinajstić information content (AvgIpc) is 2.86. The number of aromatic carboxylic acids is 1. The molecule has 1 atom stereocenters. The fourth-order valence-electron chi connectivity index (χ4n) is 1.63. The fraction of sp³-hybridized carbons (Fsp3) is 0.333. The molecule has 0 saturated carbocycles. The second kappa shape index (κ2) is 4.42. The van der Waals surface area contributed by atoms with Crippen LogP contribution < -0.4 is 10.0 Å². The van der Waals surface area contributed by atoms with Crippen LogP contribution in [0.15, 0.2) is 17.2 Å². The van der Waals surface area contributed by atoms with Gasteiger partial charge in [0.15, 0.2) is 0 Å². The Bertz CT molecular complexity index is 591. The minimum atomic E-state index is -3.82. The van der Waals surface area contributed by atoms with Crippen LogP contribution in [0.5, 0.6) is 0 Å². The van der Waals surface area contributed by atoms with Crippen molar-refractivity contribution in [2.45, 2.75) is 17.4 Å². The van der Waals surface area contributed by atoms with Crippen molar-refractivity contribution in [1.29, 1.82) is 0 Å². The Hall–Kier alpha value is -1.87. The lowest BCUT2D eigenvalue weighted by atomic mass is 10.3. The molecule has 1 amide bonds. The molecule has 2 heterocycles. The minimum absolute atomic E-state index is 0.0788. The van der Waals surface area contributed by atoms with Crippen LogP contribution in [0.3, 0.4) is 0 Å². The molecule has 0 spiro atoms. The van der Waals surface area contributed by atoms with Gasteiger partial charge in [0.1, 0.15) is 10.6 Å². The molecule has 0 radical (unpaired) electrons. The summed E-state index contributed by atoms with van der Waals surface area (Å²) in [7, 11) is -3.82. The average molecular weight is 273 g/mol. The molecule has 2 rings (SSSR count). The van der Waals surface area contributed by atoms with Gasteiger partial charge in [0.05, 0.1) is 0 Å². The first kappa shape index (κ1) is 12.6. The van der Waals surface area contributed by atoms with Crippen LogP contribution in [-0.2, 0) is 14.8 Å². The van der Waals surface area contributed by atoms with Crippen molar-refractivity contribution in [3.63, 3.8) is 0 Å². The van der Waals surface area contributed by atoms with Gasteiger partial charge in [-0.3, -0.25) is 4.79 Å². The number of carbonyl (C=O) groups excluding carboxylic acids is 1. The number of amides is 1. The van der Waals surface area contributed by atoms with Crippen molar-refractivity contribution in [2.75, 3.05) is 6.54 Å². The minimum Gasteiger partial charge on any atom is -0.477 e. The smallest absolute Gasteiger partial charge is 0.352 e. The van der Waals surface area contributed by atoms with E-state index in [-0.39, 0.29) is 29.5 Å². The lowest BCUT2D eigenvalue weighted by Gasteiger charge is -2.09. The number of carboxylic acid groups (broad SMARTS) is 1. The lowest BCUT2D eigenvalue weighted by molar-refractivity contribution is -0.119. The highest BCUT2D eigenvalue weighted by atomic mass is 32.2. The lowest BCUT2D eigenvalue weighted by Crippen LogP contribution is -2.36. The third-order valence-corrected chi connectivity index (χ3v) is 4.00. The number of aromatic nitrogens is 1. The Morgan fingerprint density at radius 3 is 2.72 bits per heavy atom. The quantitative estimate of drug-likeness (QED) is 0.552. The fourth-order valence-corrected chi connectivity index (χ4v) is 2.86. The van der Waals surface area contributed by atoms with Gasteiger partial charge in [-0.1, -0.05) is 0 Å². The molecule has 0 bridgehead atoms. The molecule has 1 saturated heterocycles. The van der Waals surface area contributed by atoms with Crippen LogP contribution >= 0.6 is 0 Å². The second-order valence-electron chi connectivity index (χ2n) is 3.88. The Morgan fingerprint density at radius 1 is 1.50 bits per heavy atom. The second-order valence-corrected chi connectivity index (χ2v) is 5.59. The Kier molecular flexibility index (Phi) is 3.09. The highest BCUT2D eigenvalue weighted by Crippen LogP contribution is 2.12. The largest absolute Gasteiger partial charge is 0.477 e. The zero-order valence-corrected chi connectivity index (χ0v) is 9.95. The zero-order valence-electron chi connectivity index (χ0n) is 9.13. The number of sulfonamides is 1. The van der Waals surface area contributed by atoms with Gasteiger partial charge in [-0.05, 0) is 6.07 Å². The van der Waals surface area contributed by atoms with Gasteiger partial charge in [0.25, 0.3) is 0 Å². The maximum atomic E-state index is 11.9. The maximum absolute atomic E-state index is 11.9. The van der Waals surface area contributed by atoms with Crippen LogP contribution in [0.4, 0.5) is 0 Å². The van der Waals surface area contributed by atoms with Crippen molar-refractivity contribution in [3.8, 4) is 0 Å². The van der Waals surface area contributed by atoms with E-state index >= 15 is 0 Å². The Labute approximate surface area is 102 Å². The molecule has 9 heteroatoms. The van der Waals surface area contributed by atoms with E-state index < -0.39 is 22.0 Å². The van der Waals surface area contributed by atoms with E-state index in [1.807, 2.05) is 0 Å². The molecule has 1 aromatic heterocycles. The van der Waals surface area contributed by atoms with Crippen molar-refractivity contribution in [1.82, 2.24) is 15.0 Å². The van der Waals surface area contributed by atoms with Crippen LogP contribution in [0.2, 0.25) is 0 Å². The van der Waals surface area contributed by atoms with E-state index in [1.54, 1.807) is 0 Å². The van der Waals surface area contributed by atoms with Gasteiger partial charge in [-0.15, -0.1) is 0 Å². The molecule has 8 nitrogen and oxygen atoms in total. The first-order valence-corrected chi connectivity index (χ1v) is 6.57. The summed E-state index contributed by atoms with van der Waals surface area (Å²) in [4.78, 5) is 23.7. The van der Waals surface area contributed by atoms with E-state index in [0.717, 1.165) is 12.3 Å². The van der Waals surface area contributed by atoms with Crippen molar-refractivity contribution < 1.29 is 23.1 Å². The third kappa shape index (κ3) is 2.51. The number of H-pyrrole nitrogens is 1. The molecule has 1 aromatic rings. The third-order valence-electron chi connectivity index (χ3n) is 2.50. The number of carboxylic acids is 1. The monoisotopic (exact) mass is 273 g/mol. The van der Waals surface area contributed by atoms with E-state index in [4.69, 9.17) is 5.11 Å². The van der Waals surface area contributed by atoms with Crippen molar-refractivity contribution in [3.05, 3.63) is 18.0 Å². The summed E-state index contributed by atoms with van der Waals surface area (Å²) in [5.41, 5.74) is -0.212. The van der Waals surface area contributed by atoms with Gasteiger partial charge in [0, 0.05) is 25.2 Å². The number of aromatic amines is 1. The normalized spacial score (nSPS) is 19.8. The number of hydrogen-bond acceptors (Lipinski definition) is 4. The molecule has 4 N–H and O–H groups in total. The molecule has 98 valence electrons. The zero-order chi connectivity index (χ0) is 13.3. The summed E-state index contributed by atoms with van der Waals surface area (Å²) < 4.78 is 26.1. The Morgan fingerprint density at radius 2 is 2.22 bits per heavy atom. The van der Waals surface area contributed by atoms with Gasteiger partial charge in [-0.2, -0.15) is 0 Å². The van der Waals surface area contributed by atoms with Crippen LogP contribution in [-0.4, -0.2) is 43.0 Å². The summed E-state index contributed by atoms with van der Waals surface area (Å²) in [6.45, 7) is 0.230. The highest BCUT2D eigenvalue weighted by molar-refractivity contribution is 7.89. The highest BCUT2D eigenvalue weighted by Gasteiger charge is 2.27. The summed E-state index contributed by atoms with van der Waals surface area (Å²) in [5, 5.41) is 11.2. The summed E-state index contributed by atoms with van der Waals surface area (Å²) in [5.74, 6) is -1.46. The Balaban J connectivity index is 2.15. The standard InChI is InChI=1S/C9H11N3O5S/c13-8-1-5(3-11-8)12-18(16,17)6-2-7(9(14)15)10-4-6/h2,4-5,10,12H,1,3H2,(H,11,13)(H,14,15). The number of hydrogen-bond donors (Lipinski definition) is 4. The molecule has 1 fully saturated rings. The van der Waals surface area contributed by atoms with E-state index in [2.05, 4.69) is 15.0 Å². The topological polar surface area (TPSA) is 128 Å². The van der Waals surface area contributed by atoms with Gasteiger partial charge in [-0.25, -0.2) is 17.9 Å². The molecule has 1 aliphatic rings. The van der Waals surface area contributed by atoms with Crippen LogP contribution in [0.1, 0.15) is 16.9 Å². The van der Waals surface area contributed by atoms with E-state index in [9.17, 15) is 18.0 Å². The van der Waals surface area contributed by atoms with Gasteiger partial charge < -0.3 is 15.4 Å². The number of carbonyl (C=O) groups is 2. The maximum Gasteiger partial charge on any atom is 0.352 e. The predicted octanol–water partition coefficient (Wildman–Crippen LogP) is -1.12. The first-order chi connectivity index (χ1) is 8.38. The SMILES string of the molecule is O=C1CC(NS(=O)(=O)c2c[nH]c(C(=O)O)c2)CN1. The van der Waals surface area contributed by atoms with Crippen LogP contribution in [0.25, 0.3) is 0 Å². The molecule has 1 aliphatic heterocycles. The van der Waals surface area contributed by atoms with Gasteiger partial charge >= 0.3 is 5.97 Å².